The van der Waals surface area contributed by atoms with E-state index >= 15 is 0 Å². The molecule has 0 amide bonds. The number of imidazole rings is 1. The van der Waals surface area contributed by atoms with Crippen LogP contribution in [0, 0.1) is 0 Å². The average molecular weight is 251 g/mol. The average Bonchev–Trinajstić information content (AvgIpc) is 2.63. The second kappa shape index (κ2) is 4.59. The molecule has 1 aromatic heterocycles. The molecule has 0 atom stereocenters. The van der Waals surface area contributed by atoms with Crippen molar-refractivity contribution in [3.63, 3.8) is 0 Å². The highest BCUT2D eigenvalue weighted by Gasteiger charge is 2.07. The van der Waals surface area contributed by atoms with Crippen LogP contribution in [-0.2, 0) is 11.3 Å². The normalized spacial score (nSPS) is 11.4. The summed E-state index contributed by atoms with van der Waals surface area (Å²) in [5.74, 6) is -0.370. The molecule has 5 heteroatoms. The number of nitrogens with zero attached hydrogens (tertiary/aromatic N) is 2. The minimum absolute atomic E-state index is 0.618. The zero-order chi connectivity index (χ0) is 12.4. The number of hydrogen-bond donors (Lipinski definition) is 1. The van der Waals surface area contributed by atoms with Gasteiger partial charge in [0.15, 0.2) is 0 Å². The first kappa shape index (κ1) is 11.7. The number of benzene rings is 1. The minimum Gasteiger partial charge on any atom is -0.478 e. The highest BCUT2D eigenvalue weighted by molar-refractivity contribution is 6.31. The van der Waals surface area contributed by atoms with Gasteiger partial charge in [-0.15, -0.1) is 0 Å². The largest absolute Gasteiger partial charge is 0.478 e. The fraction of sp³-hybridized carbons (Fsp3) is 0.167. The molecule has 17 heavy (non-hydrogen) atoms. The van der Waals surface area contributed by atoms with Gasteiger partial charge < -0.3 is 9.67 Å². The standard InChI is InChI=1S/C12H11ClN2O2/c1-2-15-10-7-8(13)3-4-9(10)14-11(15)5-6-12(16)17/h3-7H,2H2,1H3,(H,16,17)/b6-5+. The molecule has 0 aliphatic rings. The predicted molar refractivity (Wildman–Crippen MR) is 67.1 cm³/mol. The summed E-state index contributed by atoms with van der Waals surface area (Å²) in [5, 5.41) is 9.25. The van der Waals surface area contributed by atoms with Crippen LogP contribution in [0.25, 0.3) is 17.1 Å². The van der Waals surface area contributed by atoms with E-state index in [-0.39, 0.29) is 0 Å². The van der Waals surface area contributed by atoms with Gasteiger partial charge in [-0.1, -0.05) is 11.6 Å². The van der Waals surface area contributed by atoms with E-state index in [1.54, 1.807) is 6.07 Å². The van der Waals surface area contributed by atoms with Crippen molar-refractivity contribution < 1.29 is 9.90 Å². The number of aromatic nitrogens is 2. The summed E-state index contributed by atoms with van der Waals surface area (Å²) in [6.07, 6.45) is 2.56. The Kier molecular flexibility index (Phi) is 3.15. The Labute approximate surface area is 103 Å². The fourth-order valence-corrected chi connectivity index (χ4v) is 1.89. The van der Waals surface area contributed by atoms with Crippen LogP contribution in [0.2, 0.25) is 5.02 Å². The van der Waals surface area contributed by atoms with Gasteiger partial charge >= 0.3 is 5.97 Å². The highest BCUT2D eigenvalue weighted by atomic mass is 35.5. The zero-order valence-electron chi connectivity index (χ0n) is 9.22. The van der Waals surface area contributed by atoms with Gasteiger partial charge in [-0.2, -0.15) is 0 Å². The summed E-state index contributed by atoms with van der Waals surface area (Å²) in [7, 11) is 0. The van der Waals surface area contributed by atoms with Gasteiger partial charge in [-0.25, -0.2) is 9.78 Å². The number of carboxylic acids is 1. The van der Waals surface area contributed by atoms with Crippen LogP contribution in [0.4, 0.5) is 0 Å². The third-order valence-corrected chi connectivity index (χ3v) is 2.67. The molecule has 0 spiro atoms. The van der Waals surface area contributed by atoms with Crippen molar-refractivity contribution in [1.82, 2.24) is 9.55 Å². The lowest BCUT2D eigenvalue weighted by Crippen LogP contribution is -1.97. The zero-order valence-corrected chi connectivity index (χ0v) is 9.98. The van der Waals surface area contributed by atoms with E-state index in [2.05, 4.69) is 4.98 Å². The van der Waals surface area contributed by atoms with Crippen LogP contribution in [0.5, 0.6) is 0 Å². The number of hydrogen-bond acceptors (Lipinski definition) is 2. The summed E-state index contributed by atoms with van der Waals surface area (Å²) >= 11 is 5.93. The number of carboxylic acid groups (broad SMARTS) is 1. The summed E-state index contributed by atoms with van der Waals surface area (Å²) in [4.78, 5) is 14.8. The summed E-state index contributed by atoms with van der Waals surface area (Å²) in [5.41, 5.74) is 1.71. The summed E-state index contributed by atoms with van der Waals surface area (Å²) in [6.45, 7) is 2.68. The van der Waals surface area contributed by atoms with Crippen molar-refractivity contribution in [2.45, 2.75) is 13.5 Å². The van der Waals surface area contributed by atoms with E-state index in [9.17, 15) is 4.79 Å². The first-order valence-corrected chi connectivity index (χ1v) is 5.56. The molecule has 0 radical (unpaired) electrons. The molecule has 1 N–H and O–H groups in total. The van der Waals surface area contributed by atoms with Gasteiger partial charge in [0.1, 0.15) is 5.82 Å². The lowest BCUT2D eigenvalue weighted by atomic mass is 10.3. The number of fused-ring (bicyclic) bond motifs is 1. The number of halogens is 1. The molecule has 88 valence electrons. The quantitative estimate of drug-likeness (QED) is 0.853. The molecular formula is C12H11ClN2O2. The lowest BCUT2D eigenvalue weighted by Gasteiger charge is -2.01. The Morgan fingerprint density at radius 3 is 3.00 bits per heavy atom. The van der Waals surface area contributed by atoms with Gasteiger partial charge in [-0.3, -0.25) is 0 Å². The first-order valence-electron chi connectivity index (χ1n) is 5.18. The smallest absolute Gasteiger partial charge is 0.328 e. The maximum absolute atomic E-state index is 10.5. The van der Waals surface area contributed by atoms with E-state index in [1.807, 2.05) is 23.6 Å². The molecule has 4 nitrogen and oxygen atoms in total. The Morgan fingerprint density at radius 2 is 2.35 bits per heavy atom. The van der Waals surface area contributed by atoms with Crippen molar-refractivity contribution in [3.05, 3.63) is 35.1 Å². The molecule has 1 aromatic carbocycles. The summed E-state index contributed by atoms with van der Waals surface area (Å²) in [6, 6.07) is 5.41. The number of rotatable bonds is 3. The molecule has 0 unspecified atom stereocenters. The molecule has 1 heterocycles. The Morgan fingerprint density at radius 1 is 1.59 bits per heavy atom. The monoisotopic (exact) mass is 250 g/mol. The van der Waals surface area contributed by atoms with E-state index in [0.717, 1.165) is 17.1 Å². The third kappa shape index (κ3) is 2.31. The van der Waals surface area contributed by atoms with Gasteiger partial charge in [0.2, 0.25) is 0 Å². The fourth-order valence-electron chi connectivity index (χ4n) is 1.72. The minimum atomic E-state index is -0.988. The first-order chi connectivity index (χ1) is 8.11. The van der Waals surface area contributed by atoms with Crippen molar-refractivity contribution in [3.8, 4) is 0 Å². The van der Waals surface area contributed by atoms with Crippen molar-refractivity contribution in [2.24, 2.45) is 0 Å². The van der Waals surface area contributed by atoms with Crippen molar-refractivity contribution >= 4 is 34.7 Å². The number of aliphatic carboxylic acids is 1. The van der Waals surface area contributed by atoms with Crippen molar-refractivity contribution in [1.29, 1.82) is 0 Å². The third-order valence-electron chi connectivity index (χ3n) is 2.43. The van der Waals surface area contributed by atoms with Crippen LogP contribution < -0.4 is 0 Å². The van der Waals surface area contributed by atoms with E-state index in [1.165, 1.54) is 6.08 Å². The van der Waals surface area contributed by atoms with Crippen molar-refractivity contribution in [2.75, 3.05) is 0 Å². The predicted octanol–water partition coefficient (Wildman–Crippen LogP) is 2.81. The Balaban J connectivity index is 2.60. The van der Waals surface area contributed by atoms with Gasteiger partial charge in [0.05, 0.1) is 11.0 Å². The molecule has 0 bridgehead atoms. The van der Waals surface area contributed by atoms with Gasteiger partial charge in [0, 0.05) is 17.6 Å². The molecular weight excluding hydrogens is 240 g/mol. The molecule has 0 aliphatic carbocycles. The van der Waals surface area contributed by atoms with E-state index in [4.69, 9.17) is 16.7 Å². The van der Waals surface area contributed by atoms with E-state index < -0.39 is 5.97 Å². The Bertz CT molecular complexity index is 602. The van der Waals surface area contributed by atoms with Crippen LogP contribution >= 0.6 is 11.6 Å². The number of carbonyl (C=O) groups is 1. The number of aryl methyl sites for hydroxylation is 1. The van der Waals surface area contributed by atoms with Gasteiger partial charge in [-0.05, 0) is 31.2 Å². The van der Waals surface area contributed by atoms with E-state index in [0.29, 0.717) is 17.4 Å². The molecule has 0 aliphatic heterocycles. The molecule has 0 fully saturated rings. The maximum Gasteiger partial charge on any atom is 0.328 e. The Hall–Kier alpha value is -1.81. The summed E-state index contributed by atoms with van der Waals surface area (Å²) < 4.78 is 1.92. The molecule has 0 saturated carbocycles. The van der Waals surface area contributed by atoms with Gasteiger partial charge in [0.25, 0.3) is 0 Å². The van der Waals surface area contributed by atoms with Crippen LogP contribution in [-0.4, -0.2) is 20.6 Å². The highest BCUT2D eigenvalue weighted by Crippen LogP contribution is 2.21. The maximum atomic E-state index is 10.5. The van der Waals surface area contributed by atoms with Crippen LogP contribution in [0.3, 0.4) is 0 Å². The molecule has 0 saturated heterocycles. The molecule has 2 rings (SSSR count). The molecule has 2 aromatic rings. The topological polar surface area (TPSA) is 55.1 Å². The van der Waals surface area contributed by atoms with Crippen LogP contribution in [0.15, 0.2) is 24.3 Å². The second-order valence-corrected chi connectivity index (χ2v) is 3.96. The van der Waals surface area contributed by atoms with Crippen LogP contribution in [0.1, 0.15) is 12.7 Å². The second-order valence-electron chi connectivity index (χ2n) is 3.52. The lowest BCUT2D eigenvalue weighted by molar-refractivity contribution is -0.131. The SMILES string of the molecule is CCn1c(/C=C/C(=O)O)nc2ccc(Cl)cc21.